The van der Waals surface area contributed by atoms with Gasteiger partial charge in [-0.2, -0.15) is 9.50 Å². The number of aryl methyl sites for hydroxylation is 1. The highest BCUT2D eigenvalue weighted by Crippen LogP contribution is 2.37. The fourth-order valence-corrected chi connectivity index (χ4v) is 5.75. The smallest absolute Gasteiger partial charge is 0.281 e. The minimum atomic E-state index is -1.76. The molecule has 8 nitrogen and oxygen atoms in total. The van der Waals surface area contributed by atoms with E-state index in [1.54, 1.807) is 24.3 Å². The van der Waals surface area contributed by atoms with Gasteiger partial charge in [0.1, 0.15) is 11.3 Å². The summed E-state index contributed by atoms with van der Waals surface area (Å²) in [4.78, 5) is 14.4. The lowest BCUT2D eigenvalue weighted by Crippen LogP contribution is -2.33. The number of allylic oxidation sites excluding steroid dienone is 2. The van der Waals surface area contributed by atoms with Crippen LogP contribution in [0.2, 0.25) is 4.34 Å². The van der Waals surface area contributed by atoms with E-state index in [1.807, 2.05) is 12.3 Å². The molecule has 1 unspecified atom stereocenters. The molecule has 0 saturated heterocycles. The number of benzene rings is 1. The number of anilines is 2. The molecule has 1 aromatic carbocycles. The Bertz CT molecular complexity index is 1390. The lowest BCUT2D eigenvalue weighted by atomic mass is 10.1. The second-order valence-corrected chi connectivity index (χ2v) is 10.8. The lowest BCUT2D eigenvalue weighted by Gasteiger charge is -2.20. The van der Waals surface area contributed by atoms with Gasteiger partial charge >= 0.3 is 0 Å². The molecule has 12 heteroatoms. The molecule has 0 spiro atoms. The first-order valence-corrected chi connectivity index (χ1v) is 13.5. The molecule has 1 aliphatic carbocycles. The summed E-state index contributed by atoms with van der Waals surface area (Å²) in [6, 6.07) is 8.76. The van der Waals surface area contributed by atoms with Gasteiger partial charge in [0, 0.05) is 18.5 Å². The number of hydrogen-bond donors (Lipinski definition) is 3. The summed E-state index contributed by atoms with van der Waals surface area (Å²) in [5.74, 6) is 0.0643. The first-order chi connectivity index (χ1) is 15.9. The number of aromatic nitrogens is 2. The fourth-order valence-electron chi connectivity index (χ4n) is 3.42. The van der Waals surface area contributed by atoms with Crippen molar-refractivity contribution < 1.29 is 9.32 Å². The van der Waals surface area contributed by atoms with Crippen LogP contribution in [0, 0.1) is 5.92 Å². The van der Waals surface area contributed by atoms with Crippen LogP contribution in [0.4, 0.5) is 11.4 Å². The minimum Gasteiger partial charge on any atom is -0.505 e. The van der Waals surface area contributed by atoms with Crippen molar-refractivity contribution in [3.05, 3.63) is 62.7 Å². The van der Waals surface area contributed by atoms with E-state index >= 15 is 0 Å². The number of halogens is 1. The van der Waals surface area contributed by atoms with E-state index in [1.165, 1.54) is 28.0 Å². The van der Waals surface area contributed by atoms with Crippen molar-refractivity contribution in [3.8, 4) is 16.3 Å². The maximum Gasteiger partial charge on any atom is 0.281 e. The number of thiophene rings is 1. The van der Waals surface area contributed by atoms with Crippen molar-refractivity contribution in [1.82, 2.24) is 9.78 Å². The van der Waals surface area contributed by atoms with E-state index < -0.39 is 16.5 Å². The highest BCUT2D eigenvalue weighted by atomic mass is 35.5. The molecule has 170 valence electrons. The molecule has 1 aliphatic heterocycles. The van der Waals surface area contributed by atoms with Gasteiger partial charge in [0.15, 0.2) is 22.6 Å². The molecule has 0 radical (unpaired) electrons. The predicted molar refractivity (Wildman–Crippen MR) is 136 cm³/mol. The monoisotopic (exact) mass is 519 g/mol. The summed E-state index contributed by atoms with van der Waals surface area (Å²) in [7, 11) is -1.76. The number of amidine groups is 1. The Morgan fingerprint density at radius 3 is 2.85 bits per heavy atom. The largest absolute Gasteiger partial charge is 0.505 e. The van der Waals surface area contributed by atoms with Crippen LogP contribution in [0.25, 0.3) is 10.6 Å². The fraction of sp³-hybridized carbons (Fsp3) is 0.190. The molecule has 0 saturated carbocycles. The van der Waals surface area contributed by atoms with Crippen molar-refractivity contribution in [2.24, 2.45) is 10.3 Å². The highest BCUT2D eigenvalue weighted by molar-refractivity contribution is 7.99. The summed E-state index contributed by atoms with van der Waals surface area (Å²) in [5, 5.41) is 18.6. The number of nitrogens with one attached hydrogen (secondary N) is 2. The third kappa shape index (κ3) is 4.45. The van der Waals surface area contributed by atoms with E-state index in [4.69, 9.17) is 11.6 Å². The molecular weight excluding hydrogens is 502 g/mol. The van der Waals surface area contributed by atoms with Crippen molar-refractivity contribution in [3.63, 3.8) is 0 Å². The molecule has 3 aromatic rings. The molecule has 2 aromatic heterocycles. The van der Waals surface area contributed by atoms with Crippen molar-refractivity contribution in [2.45, 2.75) is 17.9 Å². The summed E-state index contributed by atoms with van der Waals surface area (Å²) in [6.07, 6.45) is 6.72. The first-order valence-electron chi connectivity index (χ1n) is 9.93. The highest BCUT2D eigenvalue weighted by Gasteiger charge is 2.28. The van der Waals surface area contributed by atoms with Crippen LogP contribution >= 0.6 is 34.9 Å². The number of hydrogen-bond acceptors (Lipinski definition) is 8. The quantitative estimate of drug-likeness (QED) is 0.311. The Morgan fingerprint density at radius 1 is 1.33 bits per heavy atom. The zero-order chi connectivity index (χ0) is 23.1. The van der Waals surface area contributed by atoms with E-state index in [-0.39, 0.29) is 22.8 Å². The van der Waals surface area contributed by atoms with Crippen LogP contribution in [0.15, 0.2) is 56.6 Å². The van der Waals surface area contributed by atoms with Gasteiger partial charge in [0.05, 0.1) is 19.8 Å². The second-order valence-electron chi connectivity index (χ2n) is 7.37. The van der Waals surface area contributed by atoms with Crippen LogP contribution in [-0.2, 0) is 17.5 Å². The number of nitrogens with zero attached hydrogens (tertiary/aromatic N) is 3. The molecule has 3 heterocycles. The molecular formula is C21H18ClN5O3S3. The molecule has 0 amide bonds. The minimum absolute atomic E-state index is 0.0403. The van der Waals surface area contributed by atoms with Crippen LogP contribution in [0.3, 0.4) is 0 Å². The van der Waals surface area contributed by atoms with E-state index in [2.05, 4.69) is 31.7 Å². The van der Waals surface area contributed by atoms with Gasteiger partial charge in [-0.05, 0) is 42.7 Å². The predicted octanol–water partition coefficient (Wildman–Crippen LogP) is 4.49. The average Bonchev–Trinajstić information content (AvgIpc) is 3.52. The van der Waals surface area contributed by atoms with E-state index in [0.717, 1.165) is 12.1 Å². The Labute approximate surface area is 205 Å². The van der Waals surface area contributed by atoms with Gasteiger partial charge in [0.25, 0.3) is 5.56 Å². The zero-order valence-corrected chi connectivity index (χ0v) is 20.4. The number of rotatable bonds is 7. The lowest BCUT2D eigenvalue weighted by molar-refractivity contribution is 0.457. The Kier molecular flexibility index (Phi) is 6.04. The molecule has 2 aliphatic rings. The SMILES string of the molecule is CSNc1ccc2c(c1)S(=O)N=C(c1c(O)c(-c3ccc(Cl)s3)nn(CCC3C=C3)c1=O)N2. The van der Waals surface area contributed by atoms with Crippen molar-refractivity contribution >= 4 is 63.1 Å². The number of aromatic hydroxyl groups is 1. The zero-order valence-electron chi connectivity index (χ0n) is 17.2. The maximum absolute atomic E-state index is 13.3. The molecule has 1 atom stereocenters. The molecule has 3 N–H and O–H groups in total. The standard InChI is InChI=1S/C21H18ClN5O3S3/c1-31-25-12-4-5-13-15(10-12)33(30)26-20(23-13)17-19(28)18(14-6-7-16(22)32-14)24-27(21(17)29)9-8-11-2-3-11/h2-7,10-11,25,28H,8-9H2,1H3,(H,23,26). The Morgan fingerprint density at radius 2 is 2.15 bits per heavy atom. The van der Waals surface area contributed by atoms with Gasteiger partial charge < -0.3 is 15.1 Å². The molecule has 5 rings (SSSR count). The van der Waals surface area contributed by atoms with Crippen LogP contribution < -0.4 is 15.6 Å². The normalized spacial score (nSPS) is 16.8. The third-order valence-electron chi connectivity index (χ3n) is 5.13. The third-order valence-corrected chi connectivity index (χ3v) is 7.87. The van der Waals surface area contributed by atoms with Crippen molar-refractivity contribution in [2.75, 3.05) is 16.3 Å². The molecule has 33 heavy (non-hydrogen) atoms. The maximum atomic E-state index is 13.3. The van der Waals surface area contributed by atoms with Gasteiger partial charge in [-0.1, -0.05) is 35.7 Å². The molecule has 0 fully saturated rings. The average molecular weight is 520 g/mol. The van der Waals surface area contributed by atoms with Gasteiger partial charge in [-0.25, -0.2) is 8.89 Å². The Hall–Kier alpha value is -2.60. The topological polar surface area (TPSA) is 109 Å². The number of fused-ring (bicyclic) bond motifs is 1. The summed E-state index contributed by atoms with van der Waals surface area (Å²) < 4.78 is 22.1. The Balaban J connectivity index is 1.60. The van der Waals surface area contributed by atoms with Gasteiger partial charge in [0.2, 0.25) is 0 Å². The van der Waals surface area contributed by atoms with Gasteiger partial charge in [-0.3, -0.25) is 4.79 Å². The summed E-state index contributed by atoms with van der Waals surface area (Å²) in [5.41, 5.74) is 0.987. The van der Waals surface area contributed by atoms with E-state index in [9.17, 15) is 14.1 Å². The summed E-state index contributed by atoms with van der Waals surface area (Å²) >= 11 is 8.76. The van der Waals surface area contributed by atoms with Crippen LogP contribution in [-0.4, -0.2) is 31.2 Å². The van der Waals surface area contributed by atoms with Crippen molar-refractivity contribution in [1.29, 1.82) is 0 Å². The van der Waals surface area contributed by atoms with Crippen LogP contribution in [0.1, 0.15) is 12.0 Å². The van der Waals surface area contributed by atoms with Gasteiger partial charge in [-0.15, -0.1) is 11.3 Å². The van der Waals surface area contributed by atoms with Crippen LogP contribution in [0.5, 0.6) is 5.75 Å². The first kappa shape index (κ1) is 22.2. The summed E-state index contributed by atoms with van der Waals surface area (Å²) in [6.45, 7) is 0.368. The second kappa shape index (κ2) is 8.98. The molecule has 0 bridgehead atoms. The van der Waals surface area contributed by atoms with E-state index in [0.29, 0.717) is 32.3 Å².